The second kappa shape index (κ2) is 5.75. The lowest BCUT2D eigenvalue weighted by Gasteiger charge is -2.15. The number of nitrogens with one attached hydrogen (secondary N) is 1. The van der Waals surface area contributed by atoms with E-state index in [4.69, 9.17) is 11.6 Å². The van der Waals surface area contributed by atoms with Crippen LogP contribution in [0, 0.1) is 0 Å². The van der Waals surface area contributed by atoms with Crippen molar-refractivity contribution in [1.82, 2.24) is 15.2 Å². The van der Waals surface area contributed by atoms with Crippen molar-refractivity contribution in [2.75, 3.05) is 5.32 Å². The summed E-state index contributed by atoms with van der Waals surface area (Å²) in [5.74, 6) is 0.699. The first-order valence-electron chi connectivity index (χ1n) is 4.88. The van der Waals surface area contributed by atoms with Gasteiger partial charge in [-0.3, -0.25) is 0 Å². The Morgan fingerprint density at radius 2 is 2.29 bits per heavy atom. The highest BCUT2D eigenvalue weighted by atomic mass is 35.5. The van der Waals surface area contributed by atoms with Gasteiger partial charge < -0.3 is 5.32 Å². The average molecular weight is 215 g/mol. The van der Waals surface area contributed by atoms with Gasteiger partial charge >= 0.3 is 0 Å². The molecule has 1 heterocycles. The molecule has 14 heavy (non-hydrogen) atoms. The van der Waals surface area contributed by atoms with Crippen LogP contribution in [0.1, 0.15) is 33.1 Å². The molecule has 0 saturated carbocycles. The Labute approximate surface area is 89.1 Å². The van der Waals surface area contributed by atoms with Crippen LogP contribution in [0.3, 0.4) is 0 Å². The summed E-state index contributed by atoms with van der Waals surface area (Å²) in [7, 11) is 0. The molecule has 0 aliphatic heterocycles. The predicted molar refractivity (Wildman–Crippen MR) is 57.4 cm³/mol. The molecule has 1 aromatic heterocycles. The maximum absolute atomic E-state index is 5.62. The predicted octanol–water partition coefficient (Wildman–Crippen LogP) is 2.52. The van der Waals surface area contributed by atoms with E-state index >= 15 is 0 Å². The molecule has 0 amide bonds. The third kappa shape index (κ3) is 3.46. The zero-order valence-corrected chi connectivity index (χ0v) is 9.25. The third-order valence-electron chi connectivity index (χ3n) is 2.01. The van der Waals surface area contributed by atoms with Gasteiger partial charge in [0.1, 0.15) is 5.82 Å². The van der Waals surface area contributed by atoms with Crippen LogP contribution in [0.2, 0.25) is 5.28 Å². The Kier molecular flexibility index (Phi) is 4.59. The van der Waals surface area contributed by atoms with Crippen molar-refractivity contribution in [2.45, 2.75) is 39.2 Å². The lowest BCUT2D eigenvalue weighted by Crippen LogP contribution is -2.19. The number of rotatable bonds is 5. The molecule has 0 saturated heterocycles. The Morgan fingerprint density at radius 1 is 1.50 bits per heavy atom. The van der Waals surface area contributed by atoms with Crippen LogP contribution in [0.4, 0.5) is 5.82 Å². The van der Waals surface area contributed by atoms with Crippen molar-refractivity contribution in [1.29, 1.82) is 0 Å². The van der Waals surface area contributed by atoms with E-state index in [9.17, 15) is 0 Å². The van der Waals surface area contributed by atoms with Crippen LogP contribution in [0.15, 0.2) is 6.20 Å². The number of halogens is 1. The first-order valence-corrected chi connectivity index (χ1v) is 5.25. The minimum Gasteiger partial charge on any atom is -0.366 e. The molecule has 0 fully saturated rings. The van der Waals surface area contributed by atoms with E-state index in [0.717, 1.165) is 19.3 Å². The molecule has 1 atom stereocenters. The molecule has 0 radical (unpaired) electrons. The molecule has 1 unspecified atom stereocenters. The molecule has 1 rings (SSSR count). The van der Waals surface area contributed by atoms with Crippen LogP contribution in [-0.2, 0) is 0 Å². The summed E-state index contributed by atoms with van der Waals surface area (Å²) in [6, 6.07) is 0.438. The Hall–Kier alpha value is -0.900. The van der Waals surface area contributed by atoms with Gasteiger partial charge in [-0.05, 0) is 24.4 Å². The van der Waals surface area contributed by atoms with E-state index < -0.39 is 0 Å². The van der Waals surface area contributed by atoms with E-state index in [1.807, 2.05) is 0 Å². The Bertz CT molecular complexity index is 279. The summed E-state index contributed by atoms with van der Waals surface area (Å²) < 4.78 is 0. The topological polar surface area (TPSA) is 50.7 Å². The largest absolute Gasteiger partial charge is 0.366 e. The van der Waals surface area contributed by atoms with Crippen molar-refractivity contribution in [3.63, 3.8) is 0 Å². The van der Waals surface area contributed by atoms with E-state index in [1.165, 1.54) is 0 Å². The molecule has 1 N–H and O–H groups in total. The molecule has 4 nitrogen and oxygen atoms in total. The normalized spacial score (nSPS) is 12.5. The minimum atomic E-state index is 0.182. The summed E-state index contributed by atoms with van der Waals surface area (Å²) in [4.78, 5) is 4.02. The molecular formula is C9H15ClN4. The number of nitrogens with zero attached hydrogens (tertiary/aromatic N) is 3. The summed E-state index contributed by atoms with van der Waals surface area (Å²) in [5, 5.41) is 10.8. The molecule has 0 spiro atoms. The van der Waals surface area contributed by atoms with Crippen molar-refractivity contribution in [3.8, 4) is 0 Å². The maximum atomic E-state index is 5.62. The van der Waals surface area contributed by atoms with Crippen LogP contribution in [-0.4, -0.2) is 21.2 Å². The van der Waals surface area contributed by atoms with Gasteiger partial charge in [0.05, 0.1) is 6.20 Å². The Morgan fingerprint density at radius 3 is 2.86 bits per heavy atom. The Balaban J connectivity index is 2.57. The highest BCUT2D eigenvalue weighted by molar-refractivity contribution is 6.28. The van der Waals surface area contributed by atoms with Crippen LogP contribution in [0.5, 0.6) is 0 Å². The van der Waals surface area contributed by atoms with Gasteiger partial charge in [-0.1, -0.05) is 20.3 Å². The zero-order valence-electron chi connectivity index (χ0n) is 8.50. The second-order valence-electron chi connectivity index (χ2n) is 3.15. The van der Waals surface area contributed by atoms with E-state index in [0.29, 0.717) is 11.9 Å². The van der Waals surface area contributed by atoms with Crippen molar-refractivity contribution >= 4 is 17.4 Å². The summed E-state index contributed by atoms with van der Waals surface area (Å²) in [5.41, 5.74) is 0. The van der Waals surface area contributed by atoms with Crippen molar-refractivity contribution < 1.29 is 0 Å². The van der Waals surface area contributed by atoms with Crippen molar-refractivity contribution in [2.24, 2.45) is 0 Å². The number of anilines is 1. The quantitative estimate of drug-likeness (QED) is 0.819. The van der Waals surface area contributed by atoms with Gasteiger partial charge in [-0.25, -0.2) is 0 Å². The fourth-order valence-corrected chi connectivity index (χ4v) is 1.42. The SMILES string of the molecule is CCCC(CC)Nc1cnnc(Cl)n1. The highest BCUT2D eigenvalue weighted by Crippen LogP contribution is 2.10. The lowest BCUT2D eigenvalue weighted by molar-refractivity contribution is 0.619. The molecule has 1 aromatic rings. The first-order chi connectivity index (χ1) is 6.76. The van der Waals surface area contributed by atoms with Crippen molar-refractivity contribution in [3.05, 3.63) is 11.5 Å². The van der Waals surface area contributed by atoms with E-state index in [2.05, 4.69) is 34.3 Å². The minimum absolute atomic E-state index is 0.182. The molecule has 5 heteroatoms. The molecule has 0 bridgehead atoms. The number of hydrogen-bond acceptors (Lipinski definition) is 4. The van der Waals surface area contributed by atoms with Gasteiger partial charge in [-0.15, -0.1) is 5.10 Å². The van der Waals surface area contributed by atoms with E-state index in [1.54, 1.807) is 6.20 Å². The van der Waals surface area contributed by atoms with Gasteiger partial charge in [-0.2, -0.15) is 10.1 Å². The number of aromatic nitrogens is 3. The summed E-state index contributed by atoms with van der Waals surface area (Å²) >= 11 is 5.62. The van der Waals surface area contributed by atoms with Crippen LogP contribution < -0.4 is 5.32 Å². The maximum Gasteiger partial charge on any atom is 0.244 e. The fourth-order valence-electron chi connectivity index (χ4n) is 1.29. The molecule has 0 aromatic carbocycles. The van der Waals surface area contributed by atoms with E-state index in [-0.39, 0.29) is 5.28 Å². The van der Waals surface area contributed by atoms with Gasteiger partial charge in [0, 0.05) is 6.04 Å². The van der Waals surface area contributed by atoms with Gasteiger partial charge in [0.2, 0.25) is 5.28 Å². The van der Waals surface area contributed by atoms with Crippen LogP contribution >= 0.6 is 11.6 Å². The second-order valence-corrected chi connectivity index (χ2v) is 3.49. The van der Waals surface area contributed by atoms with Crippen LogP contribution in [0.25, 0.3) is 0 Å². The average Bonchev–Trinajstić information content (AvgIpc) is 2.17. The lowest BCUT2D eigenvalue weighted by atomic mass is 10.1. The summed E-state index contributed by atoms with van der Waals surface area (Å²) in [6.45, 7) is 4.30. The molecule has 0 aliphatic rings. The standard InChI is InChI=1S/C9H15ClN4/c1-3-5-7(4-2)12-8-6-11-14-9(10)13-8/h6-7H,3-5H2,1-2H3,(H,12,13,14). The molecule has 0 aliphatic carbocycles. The smallest absolute Gasteiger partial charge is 0.244 e. The highest BCUT2D eigenvalue weighted by Gasteiger charge is 2.06. The fraction of sp³-hybridized carbons (Fsp3) is 0.667. The number of hydrogen-bond donors (Lipinski definition) is 1. The zero-order chi connectivity index (χ0) is 10.4. The molecule has 78 valence electrons. The molecular weight excluding hydrogens is 200 g/mol. The van der Waals surface area contributed by atoms with Gasteiger partial charge in [0.25, 0.3) is 0 Å². The summed E-state index contributed by atoms with van der Waals surface area (Å²) in [6.07, 6.45) is 4.93. The third-order valence-corrected chi connectivity index (χ3v) is 2.18. The monoisotopic (exact) mass is 214 g/mol. The van der Waals surface area contributed by atoms with Gasteiger partial charge in [0.15, 0.2) is 0 Å². The first kappa shape index (κ1) is 11.2.